The van der Waals surface area contributed by atoms with Crippen molar-refractivity contribution in [3.63, 3.8) is 0 Å². The summed E-state index contributed by atoms with van der Waals surface area (Å²) in [7, 11) is 1.79. The summed E-state index contributed by atoms with van der Waals surface area (Å²) < 4.78 is 7.23. The summed E-state index contributed by atoms with van der Waals surface area (Å²) in [6, 6.07) is 9.76. The predicted molar refractivity (Wildman–Crippen MR) is 69.4 cm³/mol. The third-order valence-electron chi connectivity index (χ3n) is 2.60. The van der Waals surface area contributed by atoms with Crippen LogP contribution >= 0.6 is 0 Å². The van der Waals surface area contributed by atoms with Gasteiger partial charge in [0, 0.05) is 12.4 Å². The van der Waals surface area contributed by atoms with Crippen molar-refractivity contribution < 1.29 is 4.74 Å². The minimum atomic E-state index is 0.398. The van der Waals surface area contributed by atoms with E-state index in [9.17, 15) is 0 Å². The van der Waals surface area contributed by atoms with Crippen molar-refractivity contribution in [2.45, 2.75) is 0 Å². The molecule has 0 bridgehead atoms. The number of pyridine rings is 1. The summed E-state index contributed by atoms with van der Waals surface area (Å²) in [6.07, 6.45) is 3.36. The molecule has 5 nitrogen and oxygen atoms in total. The van der Waals surface area contributed by atoms with Crippen molar-refractivity contribution in [2.75, 3.05) is 5.73 Å². The van der Waals surface area contributed by atoms with E-state index >= 15 is 0 Å². The van der Waals surface area contributed by atoms with E-state index in [-0.39, 0.29) is 0 Å². The molecule has 90 valence electrons. The van der Waals surface area contributed by atoms with Gasteiger partial charge >= 0.3 is 0 Å². The lowest BCUT2D eigenvalue weighted by atomic mass is 10.2. The number of aromatic nitrogens is 3. The van der Waals surface area contributed by atoms with Gasteiger partial charge in [-0.3, -0.25) is 9.67 Å². The minimum absolute atomic E-state index is 0.398. The molecule has 3 aromatic rings. The van der Waals surface area contributed by atoms with Crippen LogP contribution in [0.1, 0.15) is 0 Å². The molecule has 0 radical (unpaired) electrons. The van der Waals surface area contributed by atoms with Gasteiger partial charge in [0.1, 0.15) is 11.4 Å². The lowest BCUT2D eigenvalue weighted by Gasteiger charge is -2.04. The van der Waals surface area contributed by atoms with Gasteiger partial charge < -0.3 is 10.5 Å². The van der Waals surface area contributed by atoms with Crippen LogP contribution in [0.4, 0.5) is 5.69 Å². The van der Waals surface area contributed by atoms with Crippen LogP contribution in [0.3, 0.4) is 0 Å². The maximum absolute atomic E-state index is 5.77. The first-order valence-corrected chi connectivity index (χ1v) is 5.54. The zero-order valence-corrected chi connectivity index (χ0v) is 9.87. The minimum Gasteiger partial charge on any atom is -0.434 e. The van der Waals surface area contributed by atoms with E-state index in [2.05, 4.69) is 10.1 Å². The molecule has 0 aliphatic heterocycles. The SMILES string of the molecule is Cn1cc(N)c(Oc2cnc3ccccc3c2)n1. The lowest BCUT2D eigenvalue weighted by molar-refractivity contribution is 0.455. The standard InChI is InChI=1S/C13H12N4O/c1-17-8-11(14)13(16-17)18-10-6-9-4-2-3-5-12(9)15-7-10/h2-8H,14H2,1H3. The third kappa shape index (κ3) is 1.86. The van der Waals surface area contributed by atoms with Crippen molar-refractivity contribution >= 4 is 16.6 Å². The number of ether oxygens (including phenoxy) is 1. The first-order valence-electron chi connectivity index (χ1n) is 5.54. The molecule has 0 unspecified atom stereocenters. The molecule has 0 saturated carbocycles. The highest BCUT2D eigenvalue weighted by Gasteiger charge is 2.07. The van der Waals surface area contributed by atoms with Gasteiger partial charge in [-0.15, -0.1) is 5.10 Å². The molecule has 2 heterocycles. The number of aryl methyl sites for hydroxylation is 1. The Balaban J connectivity index is 1.97. The fraction of sp³-hybridized carbons (Fsp3) is 0.0769. The molecule has 0 aliphatic rings. The molecular weight excluding hydrogens is 228 g/mol. The molecule has 2 N–H and O–H groups in total. The van der Waals surface area contributed by atoms with Crippen LogP contribution in [0.15, 0.2) is 42.7 Å². The van der Waals surface area contributed by atoms with Crippen LogP contribution in [-0.4, -0.2) is 14.8 Å². The number of nitrogens with zero attached hydrogens (tertiary/aromatic N) is 3. The van der Waals surface area contributed by atoms with Crippen LogP contribution in [0, 0.1) is 0 Å². The second-order valence-electron chi connectivity index (χ2n) is 4.03. The molecule has 0 amide bonds. The largest absolute Gasteiger partial charge is 0.434 e. The summed E-state index contributed by atoms with van der Waals surface area (Å²) in [4.78, 5) is 4.31. The molecule has 0 aliphatic carbocycles. The highest BCUT2D eigenvalue weighted by Crippen LogP contribution is 2.26. The van der Waals surface area contributed by atoms with Crippen molar-refractivity contribution in [2.24, 2.45) is 7.05 Å². The summed E-state index contributed by atoms with van der Waals surface area (Å²) in [5.41, 5.74) is 7.21. The first-order chi connectivity index (χ1) is 8.72. The first kappa shape index (κ1) is 10.6. The van der Waals surface area contributed by atoms with Gasteiger partial charge in [-0.1, -0.05) is 18.2 Å². The second kappa shape index (κ2) is 4.03. The summed E-state index contributed by atoms with van der Waals surface area (Å²) in [5.74, 6) is 1.02. The molecule has 0 spiro atoms. The van der Waals surface area contributed by atoms with Crippen molar-refractivity contribution in [1.29, 1.82) is 0 Å². The Bertz CT molecular complexity index is 705. The predicted octanol–water partition coefficient (Wildman–Crippen LogP) is 2.34. The summed E-state index contributed by atoms with van der Waals surface area (Å²) in [5, 5.41) is 5.15. The fourth-order valence-corrected chi connectivity index (χ4v) is 1.78. The van der Waals surface area contributed by atoms with Gasteiger partial charge in [-0.05, 0) is 12.1 Å². The van der Waals surface area contributed by atoms with E-state index in [4.69, 9.17) is 10.5 Å². The van der Waals surface area contributed by atoms with Crippen molar-refractivity contribution in [3.8, 4) is 11.6 Å². The number of para-hydroxylation sites is 1. The highest BCUT2D eigenvalue weighted by atomic mass is 16.5. The normalized spacial score (nSPS) is 10.7. The van der Waals surface area contributed by atoms with Crippen LogP contribution < -0.4 is 10.5 Å². The zero-order valence-electron chi connectivity index (χ0n) is 9.87. The number of nitrogen functional groups attached to an aromatic ring is 1. The van der Waals surface area contributed by atoms with Crippen LogP contribution in [0.2, 0.25) is 0 Å². The van der Waals surface area contributed by atoms with E-state index in [0.29, 0.717) is 17.3 Å². The smallest absolute Gasteiger partial charge is 0.261 e. The average molecular weight is 240 g/mol. The monoisotopic (exact) mass is 240 g/mol. The number of hydrogen-bond acceptors (Lipinski definition) is 4. The number of fused-ring (bicyclic) bond motifs is 1. The van der Waals surface area contributed by atoms with Gasteiger partial charge in [0.25, 0.3) is 5.88 Å². The Labute approximate surface area is 104 Å². The van der Waals surface area contributed by atoms with E-state index in [1.807, 2.05) is 30.3 Å². The molecule has 18 heavy (non-hydrogen) atoms. The quantitative estimate of drug-likeness (QED) is 0.746. The third-order valence-corrected chi connectivity index (χ3v) is 2.60. The zero-order chi connectivity index (χ0) is 12.5. The summed E-state index contributed by atoms with van der Waals surface area (Å²) in [6.45, 7) is 0. The molecule has 1 aromatic carbocycles. The van der Waals surface area contributed by atoms with Gasteiger partial charge in [-0.2, -0.15) is 0 Å². The van der Waals surface area contributed by atoms with E-state index in [0.717, 1.165) is 10.9 Å². The Morgan fingerprint density at radius 2 is 2.11 bits per heavy atom. The van der Waals surface area contributed by atoms with E-state index in [1.165, 1.54) is 0 Å². The van der Waals surface area contributed by atoms with Crippen molar-refractivity contribution in [1.82, 2.24) is 14.8 Å². The fourth-order valence-electron chi connectivity index (χ4n) is 1.78. The number of benzene rings is 1. The molecule has 0 saturated heterocycles. The maximum atomic E-state index is 5.77. The number of hydrogen-bond donors (Lipinski definition) is 1. The Morgan fingerprint density at radius 1 is 1.28 bits per heavy atom. The number of rotatable bonds is 2. The maximum Gasteiger partial charge on any atom is 0.261 e. The molecular formula is C13H12N4O. The summed E-state index contributed by atoms with van der Waals surface area (Å²) >= 11 is 0. The second-order valence-corrected chi connectivity index (χ2v) is 4.03. The molecule has 5 heteroatoms. The van der Waals surface area contributed by atoms with E-state index < -0.39 is 0 Å². The average Bonchev–Trinajstić information content (AvgIpc) is 2.68. The number of anilines is 1. The molecule has 2 aromatic heterocycles. The highest BCUT2D eigenvalue weighted by molar-refractivity contribution is 5.79. The lowest BCUT2D eigenvalue weighted by Crippen LogP contribution is -1.92. The molecule has 0 fully saturated rings. The van der Waals surface area contributed by atoms with Crippen molar-refractivity contribution in [3.05, 3.63) is 42.7 Å². The molecule has 3 rings (SSSR count). The van der Waals surface area contributed by atoms with Crippen LogP contribution in [0.5, 0.6) is 11.6 Å². The van der Waals surface area contributed by atoms with Gasteiger partial charge in [0.2, 0.25) is 0 Å². The molecule has 0 atom stereocenters. The Kier molecular flexibility index (Phi) is 2.37. The van der Waals surface area contributed by atoms with Crippen LogP contribution in [0.25, 0.3) is 10.9 Å². The number of nitrogens with two attached hydrogens (primary N) is 1. The van der Waals surface area contributed by atoms with E-state index in [1.54, 1.807) is 24.1 Å². The van der Waals surface area contributed by atoms with Gasteiger partial charge in [-0.25, -0.2) is 0 Å². The Morgan fingerprint density at radius 3 is 2.89 bits per heavy atom. The Hall–Kier alpha value is -2.56. The van der Waals surface area contributed by atoms with Gasteiger partial charge in [0.15, 0.2) is 0 Å². The topological polar surface area (TPSA) is 66.0 Å². The van der Waals surface area contributed by atoms with Crippen LogP contribution in [-0.2, 0) is 7.05 Å². The van der Waals surface area contributed by atoms with Gasteiger partial charge in [0.05, 0.1) is 17.9 Å².